The average molecular weight is 497 g/mol. The molecule has 0 amide bonds. The number of hydrogen-bond donors (Lipinski definition) is 0. The minimum absolute atomic E-state index is 0.0231. The Morgan fingerprint density at radius 2 is 1.60 bits per heavy atom. The number of unbranched alkanes of at least 4 members (excludes halogenated alkanes) is 1. The monoisotopic (exact) mass is 496 g/mol. The van der Waals surface area contributed by atoms with Crippen LogP contribution in [0.4, 0.5) is 4.39 Å². The van der Waals surface area contributed by atoms with Crippen molar-refractivity contribution in [1.29, 1.82) is 0 Å². The fourth-order valence-electron chi connectivity index (χ4n) is 5.47. The summed E-state index contributed by atoms with van der Waals surface area (Å²) in [6.45, 7) is 7.41. The molecular formula is C30H41FO3Si. The van der Waals surface area contributed by atoms with E-state index >= 15 is 0 Å². The van der Waals surface area contributed by atoms with Gasteiger partial charge >= 0.3 is 5.97 Å². The van der Waals surface area contributed by atoms with Crippen LogP contribution in [-0.2, 0) is 14.0 Å². The Labute approximate surface area is 211 Å². The van der Waals surface area contributed by atoms with E-state index in [0.717, 1.165) is 19.3 Å². The summed E-state index contributed by atoms with van der Waals surface area (Å²) in [5.41, 5.74) is 0. The van der Waals surface area contributed by atoms with Gasteiger partial charge in [0.2, 0.25) is 0 Å². The van der Waals surface area contributed by atoms with Crippen molar-refractivity contribution in [3.63, 3.8) is 0 Å². The molecule has 0 saturated heterocycles. The van der Waals surface area contributed by atoms with Gasteiger partial charge in [-0.15, -0.1) is 0 Å². The second kappa shape index (κ2) is 12.6. The molecule has 1 aliphatic carbocycles. The van der Waals surface area contributed by atoms with Gasteiger partial charge in [0.05, 0.1) is 7.11 Å². The molecule has 5 heteroatoms. The van der Waals surface area contributed by atoms with Crippen LogP contribution >= 0.6 is 0 Å². The first-order chi connectivity index (χ1) is 16.8. The van der Waals surface area contributed by atoms with Gasteiger partial charge in [-0.05, 0) is 59.4 Å². The first kappa shape index (κ1) is 27.3. The molecule has 0 radical (unpaired) electrons. The Morgan fingerprint density at radius 3 is 2.14 bits per heavy atom. The van der Waals surface area contributed by atoms with E-state index in [-0.39, 0.29) is 22.8 Å². The maximum atomic E-state index is 14.9. The average Bonchev–Trinajstić information content (AvgIpc) is 3.21. The van der Waals surface area contributed by atoms with Gasteiger partial charge in [0, 0.05) is 13.0 Å². The second-order valence-electron chi connectivity index (χ2n) is 10.7. The Bertz CT molecular complexity index is 900. The number of carbonyl (C=O) groups excluding carboxylic acids is 1. The van der Waals surface area contributed by atoms with Gasteiger partial charge in [-0.3, -0.25) is 4.79 Å². The Hall–Kier alpha value is -2.24. The molecule has 1 aliphatic rings. The van der Waals surface area contributed by atoms with E-state index in [4.69, 9.17) is 4.43 Å². The minimum Gasteiger partial charge on any atom is -0.469 e. The third-order valence-corrected chi connectivity index (χ3v) is 12.4. The number of benzene rings is 2. The third kappa shape index (κ3) is 6.71. The van der Waals surface area contributed by atoms with Crippen LogP contribution in [0.1, 0.15) is 59.3 Å². The normalized spacial score (nSPS) is 20.9. The number of ether oxygens (including phenoxy) is 1. The molecule has 0 aliphatic heterocycles. The molecule has 3 nitrogen and oxygen atoms in total. The summed E-state index contributed by atoms with van der Waals surface area (Å²) in [5, 5.41) is 2.43. The first-order valence-corrected chi connectivity index (χ1v) is 14.8. The van der Waals surface area contributed by atoms with Crippen LogP contribution in [0.15, 0.2) is 72.8 Å². The topological polar surface area (TPSA) is 35.5 Å². The Kier molecular flexibility index (Phi) is 9.87. The predicted molar refractivity (Wildman–Crippen MR) is 144 cm³/mol. The van der Waals surface area contributed by atoms with E-state index < -0.39 is 14.5 Å². The summed E-state index contributed by atoms with van der Waals surface area (Å²) in [5.74, 6) is -0.00463. The number of rotatable bonds is 11. The first-order valence-electron chi connectivity index (χ1n) is 12.9. The van der Waals surface area contributed by atoms with Crippen LogP contribution in [0.25, 0.3) is 0 Å². The smallest absolute Gasteiger partial charge is 0.305 e. The lowest BCUT2D eigenvalue weighted by Crippen LogP contribution is -2.67. The summed E-state index contributed by atoms with van der Waals surface area (Å²) >= 11 is 0. The summed E-state index contributed by atoms with van der Waals surface area (Å²) < 4.78 is 26.7. The van der Waals surface area contributed by atoms with Crippen molar-refractivity contribution in [2.45, 2.75) is 70.5 Å². The van der Waals surface area contributed by atoms with Crippen molar-refractivity contribution in [1.82, 2.24) is 0 Å². The standard InChI is InChI=1S/C30H41FO3Si/c1-30(2,3)35(25-15-9-7-10-16-25,26-17-11-8-12-18-26)34-23-24-21-22-28(31)27(24)19-13-5-6-14-20-29(32)33-4/h5,7-13,15-18,24,27-28H,6,14,19-23H2,1-4H3/b13-5-/t24-,27-,28-/m1/s1. The number of halogens is 1. The molecule has 0 N–H and O–H groups in total. The highest BCUT2D eigenvalue weighted by Crippen LogP contribution is 2.41. The molecule has 2 aromatic rings. The van der Waals surface area contributed by atoms with Crippen molar-refractivity contribution in [3.8, 4) is 0 Å². The quantitative estimate of drug-likeness (QED) is 0.160. The zero-order valence-electron chi connectivity index (χ0n) is 21.7. The van der Waals surface area contributed by atoms with Crippen LogP contribution in [-0.4, -0.2) is 34.2 Å². The maximum Gasteiger partial charge on any atom is 0.305 e. The highest BCUT2D eigenvalue weighted by molar-refractivity contribution is 6.99. The van der Waals surface area contributed by atoms with Crippen LogP contribution in [0.3, 0.4) is 0 Å². The van der Waals surface area contributed by atoms with Gasteiger partial charge in [-0.2, -0.15) is 0 Å². The molecule has 0 aromatic heterocycles. The molecule has 2 aromatic carbocycles. The van der Waals surface area contributed by atoms with Crippen molar-refractivity contribution < 1.29 is 18.3 Å². The maximum absolute atomic E-state index is 14.9. The lowest BCUT2D eigenvalue weighted by molar-refractivity contribution is -0.140. The third-order valence-electron chi connectivity index (χ3n) is 7.37. The van der Waals surface area contributed by atoms with E-state index in [2.05, 4.69) is 98.3 Å². The van der Waals surface area contributed by atoms with Gasteiger partial charge in [-0.25, -0.2) is 4.39 Å². The number of alkyl halides is 1. The van der Waals surface area contributed by atoms with Crippen molar-refractivity contribution >= 4 is 24.7 Å². The summed E-state index contributed by atoms with van der Waals surface area (Å²) in [6.07, 6.45) is 7.55. The van der Waals surface area contributed by atoms with Crippen LogP contribution in [0.5, 0.6) is 0 Å². The molecule has 0 unspecified atom stereocenters. The number of allylic oxidation sites excluding steroid dienone is 2. The summed E-state index contributed by atoms with van der Waals surface area (Å²) in [6, 6.07) is 21.3. The molecule has 0 bridgehead atoms. The second-order valence-corrected chi connectivity index (χ2v) is 15.0. The van der Waals surface area contributed by atoms with Crippen molar-refractivity contribution in [3.05, 3.63) is 72.8 Å². The van der Waals surface area contributed by atoms with E-state index in [1.807, 2.05) is 0 Å². The van der Waals surface area contributed by atoms with Crippen molar-refractivity contribution in [2.75, 3.05) is 13.7 Å². The molecule has 190 valence electrons. The molecule has 0 spiro atoms. The van der Waals surface area contributed by atoms with Crippen LogP contribution in [0, 0.1) is 11.8 Å². The number of hydrogen-bond acceptors (Lipinski definition) is 3. The van der Waals surface area contributed by atoms with E-state index in [1.54, 1.807) is 0 Å². The number of carbonyl (C=O) groups is 1. The number of methoxy groups -OCH3 is 1. The number of esters is 1. The molecule has 0 heterocycles. The lowest BCUT2D eigenvalue weighted by Gasteiger charge is -2.44. The molecule has 3 rings (SSSR count). The summed E-state index contributed by atoms with van der Waals surface area (Å²) in [7, 11) is -1.20. The molecule has 35 heavy (non-hydrogen) atoms. The Morgan fingerprint density at radius 1 is 1.00 bits per heavy atom. The SMILES string of the molecule is COC(=O)CCC/C=C\C[C@@H]1[C@@H](CO[Si](c2ccccc2)(c2ccccc2)C(C)(C)C)CC[C@H]1F. The van der Waals surface area contributed by atoms with E-state index in [0.29, 0.717) is 25.9 Å². The lowest BCUT2D eigenvalue weighted by atomic mass is 9.92. The largest absolute Gasteiger partial charge is 0.469 e. The highest BCUT2D eigenvalue weighted by Gasteiger charge is 2.51. The highest BCUT2D eigenvalue weighted by atomic mass is 28.4. The van der Waals surface area contributed by atoms with E-state index in [9.17, 15) is 9.18 Å². The van der Waals surface area contributed by atoms with E-state index in [1.165, 1.54) is 17.5 Å². The van der Waals surface area contributed by atoms with Gasteiger partial charge in [0.1, 0.15) is 6.17 Å². The minimum atomic E-state index is -2.62. The summed E-state index contributed by atoms with van der Waals surface area (Å²) in [4.78, 5) is 11.3. The zero-order chi connectivity index (χ0) is 25.3. The fraction of sp³-hybridized carbons (Fsp3) is 0.500. The fourth-order valence-corrected chi connectivity index (χ4v) is 10.1. The van der Waals surface area contributed by atoms with Gasteiger partial charge < -0.3 is 9.16 Å². The molecule has 1 fully saturated rings. The van der Waals surface area contributed by atoms with Gasteiger partial charge in [0.25, 0.3) is 8.32 Å². The molecular weight excluding hydrogens is 455 g/mol. The zero-order valence-corrected chi connectivity index (χ0v) is 22.7. The molecule has 3 atom stereocenters. The van der Waals surface area contributed by atoms with Crippen molar-refractivity contribution in [2.24, 2.45) is 11.8 Å². The van der Waals surface area contributed by atoms with Gasteiger partial charge in [-0.1, -0.05) is 93.6 Å². The molecule has 1 saturated carbocycles. The van der Waals surface area contributed by atoms with Crippen LogP contribution < -0.4 is 10.4 Å². The van der Waals surface area contributed by atoms with Gasteiger partial charge in [0.15, 0.2) is 0 Å². The van der Waals surface area contributed by atoms with Crippen LogP contribution in [0.2, 0.25) is 5.04 Å². The predicted octanol–water partition coefficient (Wildman–Crippen LogP) is 6.22. The Balaban J connectivity index is 1.76.